The molecule has 0 bridgehead atoms. The van der Waals surface area contributed by atoms with E-state index in [1.54, 1.807) is 7.11 Å². The van der Waals surface area contributed by atoms with Crippen molar-refractivity contribution in [2.24, 2.45) is 11.3 Å². The van der Waals surface area contributed by atoms with Crippen LogP contribution in [-0.2, 0) is 4.74 Å². The molecule has 1 aliphatic carbocycles. The molecule has 3 rings (SSSR count). The number of aliphatic hydroxyl groups excluding tert-OH is 1. The maximum atomic E-state index is 10.5. The molecular weight excluding hydrogens is 352 g/mol. The Hall–Kier alpha value is -1.30. The van der Waals surface area contributed by atoms with Gasteiger partial charge in [-0.2, -0.15) is 0 Å². The van der Waals surface area contributed by atoms with Gasteiger partial charge in [0.1, 0.15) is 18.4 Å². The van der Waals surface area contributed by atoms with E-state index in [1.807, 2.05) is 12.1 Å². The number of nitrogens with zero attached hydrogens (tertiary/aromatic N) is 1. The summed E-state index contributed by atoms with van der Waals surface area (Å²) in [6.45, 7) is 12.4. The van der Waals surface area contributed by atoms with E-state index in [2.05, 4.69) is 37.8 Å². The van der Waals surface area contributed by atoms with Crippen molar-refractivity contribution in [3.63, 3.8) is 0 Å². The number of aliphatic hydroxyl groups is 1. The van der Waals surface area contributed by atoms with Crippen molar-refractivity contribution < 1.29 is 19.5 Å². The molecule has 0 aromatic heterocycles. The lowest BCUT2D eigenvalue weighted by molar-refractivity contribution is -0.903. The quantitative estimate of drug-likeness (QED) is 0.746. The van der Waals surface area contributed by atoms with Crippen molar-refractivity contribution >= 4 is 5.69 Å². The standard InChI is InChI=1S/C23H38N2O3/c1-18-13-22(15-23(2,3)14-18)28-17-20(26)16-24-9-11-25(12-10-24)19-5-7-21(27-4)8-6-19/h5-8,18,20,22,26H,9-17H2,1-4H3/p+1/t18-,20-,22-/m1/s1. The molecule has 2 aliphatic rings. The Morgan fingerprint density at radius 3 is 2.46 bits per heavy atom. The van der Waals surface area contributed by atoms with Crippen molar-refractivity contribution in [3.8, 4) is 5.75 Å². The Bertz CT molecular complexity index is 596. The number of rotatable bonds is 7. The molecule has 1 aromatic rings. The molecule has 5 nitrogen and oxygen atoms in total. The normalized spacial score (nSPS) is 26.8. The second-order valence-electron chi connectivity index (χ2n) is 9.66. The summed E-state index contributed by atoms with van der Waals surface area (Å²) in [4.78, 5) is 3.88. The third-order valence-corrected chi connectivity index (χ3v) is 6.30. The van der Waals surface area contributed by atoms with Crippen molar-refractivity contribution in [3.05, 3.63) is 24.3 Å². The third-order valence-electron chi connectivity index (χ3n) is 6.30. The Morgan fingerprint density at radius 2 is 1.86 bits per heavy atom. The Morgan fingerprint density at radius 1 is 1.18 bits per heavy atom. The zero-order valence-corrected chi connectivity index (χ0v) is 18.1. The van der Waals surface area contributed by atoms with Crippen LogP contribution in [0.4, 0.5) is 5.69 Å². The van der Waals surface area contributed by atoms with Crippen LogP contribution in [0.25, 0.3) is 0 Å². The molecule has 1 aliphatic heterocycles. The smallest absolute Gasteiger partial charge is 0.126 e. The van der Waals surface area contributed by atoms with Gasteiger partial charge in [0.05, 0.1) is 46.0 Å². The molecule has 3 atom stereocenters. The largest absolute Gasteiger partial charge is 0.497 e. The summed E-state index contributed by atoms with van der Waals surface area (Å²) in [5.41, 5.74) is 1.61. The highest BCUT2D eigenvalue weighted by Gasteiger charge is 2.33. The molecule has 0 spiro atoms. The van der Waals surface area contributed by atoms with E-state index >= 15 is 0 Å². The summed E-state index contributed by atoms with van der Waals surface area (Å²) < 4.78 is 11.4. The average Bonchev–Trinajstić information content (AvgIpc) is 2.66. The number of piperazine rings is 1. The highest BCUT2D eigenvalue weighted by atomic mass is 16.5. The van der Waals surface area contributed by atoms with Crippen molar-refractivity contribution in [2.75, 3.05) is 51.3 Å². The number of hydrogen-bond acceptors (Lipinski definition) is 4. The number of hydrogen-bond donors (Lipinski definition) is 2. The van der Waals surface area contributed by atoms with Gasteiger partial charge < -0.3 is 24.4 Å². The lowest BCUT2D eigenvalue weighted by atomic mass is 9.71. The van der Waals surface area contributed by atoms with E-state index in [-0.39, 0.29) is 6.10 Å². The second-order valence-corrected chi connectivity index (χ2v) is 9.66. The van der Waals surface area contributed by atoms with Crippen LogP contribution in [-0.4, -0.2) is 63.8 Å². The molecular formula is C23H39N2O3+. The average molecular weight is 392 g/mol. The minimum atomic E-state index is -0.372. The first-order valence-corrected chi connectivity index (χ1v) is 10.9. The zero-order valence-electron chi connectivity index (χ0n) is 18.1. The molecule has 0 unspecified atom stereocenters. The van der Waals surface area contributed by atoms with Crippen LogP contribution >= 0.6 is 0 Å². The van der Waals surface area contributed by atoms with Gasteiger partial charge in [-0.05, 0) is 54.9 Å². The first-order valence-electron chi connectivity index (χ1n) is 10.9. The maximum Gasteiger partial charge on any atom is 0.126 e. The molecule has 0 amide bonds. The first-order chi connectivity index (χ1) is 13.3. The number of ether oxygens (including phenoxy) is 2. The topological polar surface area (TPSA) is 46.4 Å². The molecule has 1 saturated carbocycles. The Labute approximate surface area is 170 Å². The Balaban J connectivity index is 1.38. The van der Waals surface area contributed by atoms with Crippen LogP contribution in [0.3, 0.4) is 0 Å². The summed E-state index contributed by atoms with van der Waals surface area (Å²) in [7, 11) is 1.70. The molecule has 0 radical (unpaired) electrons. The van der Waals surface area contributed by atoms with E-state index in [0.717, 1.165) is 51.3 Å². The van der Waals surface area contributed by atoms with Gasteiger partial charge in [0, 0.05) is 5.69 Å². The number of benzene rings is 1. The monoisotopic (exact) mass is 391 g/mol. The van der Waals surface area contributed by atoms with Gasteiger partial charge in [-0.3, -0.25) is 0 Å². The maximum absolute atomic E-state index is 10.5. The first kappa shape index (κ1) is 21.4. The van der Waals surface area contributed by atoms with Gasteiger partial charge in [-0.1, -0.05) is 20.8 Å². The van der Waals surface area contributed by atoms with Crippen LogP contribution in [0, 0.1) is 11.3 Å². The minimum Gasteiger partial charge on any atom is -0.497 e. The molecule has 1 heterocycles. The van der Waals surface area contributed by atoms with Crippen molar-refractivity contribution in [2.45, 2.75) is 52.2 Å². The summed E-state index contributed by atoms with van der Waals surface area (Å²) in [6.07, 6.45) is 3.44. The van der Waals surface area contributed by atoms with Crippen LogP contribution in [0.15, 0.2) is 24.3 Å². The fraction of sp³-hybridized carbons (Fsp3) is 0.739. The van der Waals surface area contributed by atoms with Crippen LogP contribution in [0.1, 0.15) is 40.0 Å². The third kappa shape index (κ3) is 6.10. The van der Waals surface area contributed by atoms with Crippen LogP contribution in [0.5, 0.6) is 5.75 Å². The van der Waals surface area contributed by atoms with Gasteiger partial charge >= 0.3 is 0 Å². The molecule has 2 fully saturated rings. The van der Waals surface area contributed by atoms with Gasteiger partial charge in [0.15, 0.2) is 0 Å². The lowest BCUT2D eigenvalue weighted by Gasteiger charge is -2.39. The molecule has 158 valence electrons. The predicted octanol–water partition coefficient (Wildman–Crippen LogP) is 1.99. The highest BCUT2D eigenvalue weighted by Crippen LogP contribution is 2.39. The van der Waals surface area contributed by atoms with Crippen molar-refractivity contribution in [1.29, 1.82) is 0 Å². The number of methoxy groups -OCH3 is 1. The van der Waals surface area contributed by atoms with E-state index in [9.17, 15) is 5.11 Å². The second kappa shape index (κ2) is 9.47. The Kier molecular flexibility index (Phi) is 7.24. The fourth-order valence-corrected chi connectivity index (χ4v) is 5.10. The van der Waals surface area contributed by atoms with Crippen molar-refractivity contribution in [1.82, 2.24) is 0 Å². The molecule has 5 heteroatoms. The predicted molar refractivity (Wildman–Crippen MR) is 113 cm³/mol. The van der Waals surface area contributed by atoms with E-state index in [0.29, 0.717) is 24.0 Å². The van der Waals surface area contributed by atoms with Gasteiger partial charge in [-0.15, -0.1) is 0 Å². The van der Waals surface area contributed by atoms with Gasteiger partial charge in [0.2, 0.25) is 0 Å². The molecule has 2 N–H and O–H groups in total. The summed E-state index contributed by atoms with van der Waals surface area (Å²) in [6, 6.07) is 8.28. The lowest BCUT2D eigenvalue weighted by Crippen LogP contribution is -3.16. The fourth-order valence-electron chi connectivity index (χ4n) is 5.10. The number of quaternary nitrogens is 1. The highest BCUT2D eigenvalue weighted by molar-refractivity contribution is 5.49. The van der Waals surface area contributed by atoms with Gasteiger partial charge in [0.25, 0.3) is 0 Å². The molecule has 1 aromatic carbocycles. The van der Waals surface area contributed by atoms with E-state index < -0.39 is 0 Å². The summed E-state index contributed by atoms with van der Waals surface area (Å²) in [5, 5.41) is 10.5. The SMILES string of the molecule is COc1ccc(N2CC[NH+](C[C@@H](O)CO[C@@H]3C[C@@H](C)CC(C)(C)C3)CC2)cc1. The number of anilines is 1. The molecule has 28 heavy (non-hydrogen) atoms. The van der Waals surface area contributed by atoms with E-state index in [4.69, 9.17) is 9.47 Å². The minimum absolute atomic E-state index is 0.301. The molecule has 1 saturated heterocycles. The van der Waals surface area contributed by atoms with Crippen LogP contribution in [0.2, 0.25) is 0 Å². The van der Waals surface area contributed by atoms with E-state index in [1.165, 1.54) is 17.0 Å². The zero-order chi connectivity index (χ0) is 20.1. The summed E-state index contributed by atoms with van der Waals surface area (Å²) in [5.74, 6) is 1.61. The van der Waals surface area contributed by atoms with Crippen LogP contribution < -0.4 is 14.5 Å². The summed E-state index contributed by atoms with van der Waals surface area (Å²) >= 11 is 0. The van der Waals surface area contributed by atoms with Gasteiger partial charge in [-0.25, -0.2) is 0 Å². The number of nitrogens with one attached hydrogen (secondary N) is 1.